The summed E-state index contributed by atoms with van der Waals surface area (Å²) in [5.41, 5.74) is 1.65. The van der Waals surface area contributed by atoms with Crippen molar-refractivity contribution in [3.63, 3.8) is 0 Å². The van der Waals surface area contributed by atoms with Crippen LogP contribution in [0, 0.1) is 0 Å². The molecule has 1 N–H and O–H groups in total. The number of allylic oxidation sites excluding steroid dienone is 1. The number of likely N-dealkylation sites (tertiary alicyclic amines) is 1. The summed E-state index contributed by atoms with van der Waals surface area (Å²) in [6.07, 6.45) is -0.258. The third-order valence-corrected chi connectivity index (χ3v) is 3.65. The van der Waals surface area contributed by atoms with Gasteiger partial charge in [-0.3, -0.25) is 0 Å². The molecule has 1 aliphatic rings. The topological polar surface area (TPSA) is 50.8 Å². The number of carbonyl (C=O) groups is 1. The summed E-state index contributed by atoms with van der Waals surface area (Å²) in [5.74, 6) is 0.815. The molecule has 1 amide bonds. The van der Waals surface area contributed by atoms with E-state index in [1.54, 1.807) is 4.90 Å². The zero-order valence-corrected chi connectivity index (χ0v) is 15.3. The van der Waals surface area contributed by atoms with Gasteiger partial charge < -0.3 is 19.7 Å². The Morgan fingerprint density at radius 2 is 1.88 bits per heavy atom. The Labute approximate surface area is 144 Å². The van der Waals surface area contributed by atoms with E-state index in [9.17, 15) is 4.79 Å². The van der Waals surface area contributed by atoms with Gasteiger partial charge in [0.2, 0.25) is 0 Å². The average Bonchev–Trinajstić information content (AvgIpc) is 2.40. The summed E-state index contributed by atoms with van der Waals surface area (Å²) in [6.45, 7) is 14.6. The van der Waals surface area contributed by atoms with Crippen LogP contribution in [0.2, 0.25) is 0 Å². The molecular formula is C19H28N2O3. The van der Waals surface area contributed by atoms with Crippen LogP contribution >= 0.6 is 0 Å². The maximum absolute atomic E-state index is 11.9. The average molecular weight is 332 g/mol. The Hall–Kier alpha value is -2.17. The van der Waals surface area contributed by atoms with E-state index < -0.39 is 5.60 Å². The van der Waals surface area contributed by atoms with Gasteiger partial charge in [-0.15, -0.1) is 0 Å². The van der Waals surface area contributed by atoms with Crippen molar-refractivity contribution in [3.05, 3.63) is 42.1 Å². The molecule has 1 heterocycles. The molecule has 1 aromatic carbocycles. The zero-order valence-electron chi connectivity index (χ0n) is 15.3. The maximum atomic E-state index is 11.9. The number of hydrogen-bond donors (Lipinski definition) is 1. The van der Waals surface area contributed by atoms with E-state index in [0.717, 1.165) is 11.4 Å². The number of carbonyl (C=O) groups excluding carboxylic acids is 1. The highest BCUT2D eigenvalue weighted by molar-refractivity contribution is 5.69. The lowest BCUT2D eigenvalue weighted by Gasteiger charge is -2.39. The van der Waals surface area contributed by atoms with Gasteiger partial charge in [0, 0.05) is 11.7 Å². The second kappa shape index (κ2) is 7.16. The van der Waals surface area contributed by atoms with Crippen molar-refractivity contribution in [3.8, 4) is 5.75 Å². The summed E-state index contributed by atoms with van der Waals surface area (Å²) >= 11 is 0. The Kier molecular flexibility index (Phi) is 5.42. The molecule has 5 heteroatoms. The summed E-state index contributed by atoms with van der Waals surface area (Å²) < 4.78 is 11.2. The second-order valence-corrected chi connectivity index (χ2v) is 7.34. The molecule has 1 saturated heterocycles. The van der Waals surface area contributed by atoms with E-state index in [1.807, 2.05) is 52.0 Å². The Balaban J connectivity index is 1.80. The van der Waals surface area contributed by atoms with Gasteiger partial charge in [-0.2, -0.15) is 0 Å². The lowest BCUT2D eigenvalue weighted by molar-refractivity contribution is -0.0221. The first kappa shape index (κ1) is 18.2. The monoisotopic (exact) mass is 332 g/mol. The molecule has 0 aromatic heterocycles. The first-order valence-electron chi connectivity index (χ1n) is 8.30. The van der Waals surface area contributed by atoms with Crippen LogP contribution in [0.5, 0.6) is 5.75 Å². The molecule has 1 atom stereocenters. The fraction of sp³-hybridized carbons (Fsp3) is 0.526. The largest absolute Gasteiger partial charge is 0.487 e. The maximum Gasteiger partial charge on any atom is 0.410 e. The number of nitrogens with one attached hydrogen (secondary N) is 1. The number of hydrogen-bond acceptors (Lipinski definition) is 4. The molecular weight excluding hydrogens is 304 g/mol. The minimum Gasteiger partial charge on any atom is -0.487 e. The standard InChI is InChI=1S/C19H28N2O3/c1-13(2)20-14(3)15-7-9-16(10-8-15)23-17-11-21(12-17)18(22)24-19(4,5)6/h7-10,14,17,20H,1,11-12H2,2-6H3/t14-/m0/s1. The van der Waals surface area contributed by atoms with Crippen molar-refractivity contribution in [2.24, 2.45) is 0 Å². The predicted molar refractivity (Wildman–Crippen MR) is 95.0 cm³/mol. The molecule has 1 aliphatic heterocycles. The van der Waals surface area contributed by atoms with Crippen molar-refractivity contribution in [1.29, 1.82) is 0 Å². The van der Waals surface area contributed by atoms with Crippen LogP contribution in [0.3, 0.4) is 0 Å². The van der Waals surface area contributed by atoms with Gasteiger partial charge in [-0.25, -0.2) is 4.79 Å². The highest BCUT2D eigenvalue weighted by Gasteiger charge is 2.35. The Morgan fingerprint density at radius 3 is 2.38 bits per heavy atom. The van der Waals surface area contributed by atoms with E-state index in [2.05, 4.69) is 18.8 Å². The van der Waals surface area contributed by atoms with Gasteiger partial charge in [-0.1, -0.05) is 18.7 Å². The molecule has 0 radical (unpaired) electrons. The highest BCUT2D eigenvalue weighted by Crippen LogP contribution is 2.22. The summed E-state index contributed by atoms with van der Waals surface area (Å²) in [4.78, 5) is 13.5. The first-order valence-corrected chi connectivity index (χ1v) is 8.30. The summed E-state index contributed by atoms with van der Waals surface area (Å²) in [5, 5.41) is 3.29. The third-order valence-electron chi connectivity index (χ3n) is 3.65. The van der Waals surface area contributed by atoms with Gasteiger partial charge >= 0.3 is 6.09 Å². The van der Waals surface area contributed by atoms with Gasteiger partial charge in [0.1, 0.15) is 17.5 Å². The van der Waals surface area contributed by atoms with E-state index in [-0.39, 0.29) is 18.2 Å². The van der Waals surface area contributed by atoms with E-state index in [1.165, 1.54) is 5.56 Å². The number of nitrogens with zero attached hydrogens (tertiary/aromatic N) is 1. The van der Waals surface area contributed by atoms with Crippen LogP contribution in [-0.4, -0.2) is 35.8 Å². The molecule has 2 rings (SSSR count). The van der Waals surface area contributed by atoms with Crippen molar-refractivity contribution in [2.45, 2.75) is 52.4 Å². The van der Waals surface area contributed by atoms with Crippen LogP contribution in [0.4, 0.5) is 4.79 Å². The van der Waals surface area contributed by atoms with Crippen molar-refractivity contribution >= 4 is 6.09 Å². The van der Waals surface area contributed by atoms with Crippen molar-refractivity contribution in [1.82, 2.24) is 10.2 Å². The van der Waals surface area contributed by atoms with Crippen LogP contribution in [0.1, 0.15) is 46.2 Å². The number of benzene rings is 1. The molecule has 132 valence electrons. The molecule has 24 heavy (non-hydrogen) atoms. The SMILES string of the molecule is C=C(C)N[C@@H](C)c1ccc(OC2CN(C(=O)OC(C)(C)C)C2)cc1. The van der Waals surface area contributed by atoms with Gasteiger partial charge in [0.15, 0.2) is 0 Å². The molecule has 0 unspecified atom stereocenters. The van der Waals surface area contributed by atoms with E-state index >= 15 is 0 Å². The van der Waals surface area contributed by atoms with Gasteiger partial charge in [-0.05, 0) is 52.3 Å². The first-order chi connectivity index (χ1) is 11.1. The Bertz CT molecular complexity index is 584. The quantitative estimate of drug-likeness (QED) is 0.889. The smallest absolute Gasteiger partial charge is 0.410 e. The molecule has 5 nitrogen and oxygen atoms in total. The lowest BCUT2D eigenvalue weighted by Crippen LogP contribution is -2.57. The van der Waals surface area contributed by atoms with Gasteiger partial charge in [0.05, 0.1) is 13.1 Å². The second-order valence-electron chi connectivity index (χ2n) is 7.34. The van der Waals surface area contributed by atoms with E-state index in [0.29, 0.717) is 13.1 Å². The number of ether oxygens (including phenoxy) is 2. The molecule has 1 fully saturated rings. The third kappa shape index (κ3) is 5.18. The molecule has 0 bridgehead atoms. The van der Waals surface area contributed by atoms with Crippen LogP contribution < -0.4 is 10.1 Å². The highest BCUT2D eigenvalue weighted by atomic mass is 16.6. The van der Waals surface area contributed by atoms with Gasteiger partial charge in [0.25, 0.3) is 0 Å². The lowest BCUT2D eigenvalue weighted by atomic mass is 10.1. The molecule has 1 aromatic rings. The van der Waals surface area contributed by atoms with Crippen LogP contribution in [-0.2, 0) is 4.74 Å². The molecule has 0 aliphatic carbocycles. The van der Waals surface area contributed by atoms with Crippen LogP contribution in [0.25, 0.3) is 0 Å². The number of amides is 1. The summed E-state index contributed by atoms with van der Waals surface area (Å²) in [6, 6.07) is 8.22. The fourth-order valence-electron chi connectivity index (χ4n) is 2.47. The molecule has 0 saturated carbocycles. The fourth-order valence-corrected chi connectivity index (χ4v) is 2.47. The Morgan fingerprint density at radius 1 is 1.29 bits per heavy atom. The van der Waals surface area contributed by atoms with Crippen molar-refractivity contribution < 1.29 is 14.3 Å². The van der Waals surface area contributed by atoms with E-state index in [4.69, 9.17) is 9.47 Å². The van der Waals surface area contributed by atoms with Crippen molar-refractivity contribution in [2.75, 3.05) is 13.1 Å². The predicted octanol–water partition coefficient (Wildman–Crippen LogP) is 3.87. The normalized spacial score (nSPS) is 16.1. The minimum absolute atomic E-state index is 0.0225. The number of rotatable bonds is 5. The molecule has 0 spiro atoms. The summed E-state index contributed by atoms with van der Waals surface area (Å²) in [7, 11) is 0. The minimum atomic E-state index is -0.465. The zero-order chi connectivity index (χ0) is 17.9. The van der Waals surface area contributed by atoms with Crippen LogP contribution in [0.15, 0.2) is 36.5 Å².